The number of hydrogen-bond acceptors (Lipinski definition) is 1. The Morgan fingerprint density at radius 3 is 2.60 bits per heavy atom. The van der Waals surface area contributed by atoms with Crippen molar-refractivity contribution in [3.05, 3.63) is 42.2 Å². The Hall–Kier alpha value is -1.34. The van der Waals surface area contributed by atoms with Gasteiger partial charge in [-0.3, -0.25) is 0 Å². The number of rotatable bonds is 1. The van der Waals surface area contributed by atoms with Gasteiger partial charge in [-0.1, -0.05) is 6.07 Å². The fourth-order valence-electron chi connectivity index (χ4n) is 1.17. The number of carbonyl (C=O) groups is 1. The first-order valence-corrected chi connectivity index (χ1v) is 6.57. The van der Waals surface area contributed by atoms with Crippen LogP contribution >= 0.6 is 8.58 Å². The lowest BCUT2D eigenvalue weighted by Gasteiger charge is -1.88. The Bertz CT molecular complexity index is 418. The molecule has 0 aliphatic rings. The van der Waals surface area contributed by atoms with Crippen molar-refractivity contribution in [2.75, 3.05) is 13.3 Å². The topological polar surface area (TPSA) is 41.7 Å². The van der Waals surface area contributed by atoms with Crippen molar-refractivity contribution in [2.24, 2.45) is 0 Å². The molecule has 2 rings (SSSR count). The molecule has 2 aromatic heterocycles. The van der Waals surface area contributed by atoms with E-state index in [1.807, 2.05) is 24.4 Å². The summed E-state index contributed by atoms with van der Waals surface area (Å²) in [5, 5.41) is 8.67. The van der Waals surface area contributed by atoms with Crippen molar-refractivity contribution in [1.29, 1.82) is 0 Å². The number of pyridine rings is 1. The zero-order valence-corrected chi connectivity index (χ0v) is 9.77. The summed E-state index contributed by atoms with van der Waals surface area (Å²) >= 11 is 0. The molecule has 4 heteroatoms. The maximum Gasteiger partial charge on any atom is 0.337 e. The second kappa shape index (κ2) is 5.52. The molecule has 80 valence electrons. The normalized spacial score (nSPS) is 9.47. The van der Waals surface area contributed by atoms with E-state index in [2.05, 4.69) is 13.3 Å². The molecule has 3 nitrogen and oxygen atoms in total. The van der Waals surface area contributed by atoms with Gasteiger partial charge in [0, 0.05) is 17.9 Å². The van der Waals surface area contributed by atoms with Crippen LogP contribution in [-0.2, 0) is 0 Å². The van der Waals surface area contributed by atoms with Gasteiger partial charge in [0.1, 0.15) is 0 Å². The molecule has 0 aromatic carbocycles. The van der Waals surface area contributed by atoms with E-state index >= 15 is 0 Å². The summed E-state index contributed by atoms with van der Waals surface area (Å²) in [4.78, 5) is 10.6. The van der Waals surface area contributed by atoms with E-state index in [1.165, 1.54) is 0 Å². The number of aromatic nitrogens is 1. The average Bonchev–Trinajstić information content (AvgIpc) is 2.62. The van der Waals surface area contributed by atoms with Crippen LogP contribution in [0.1, 0.15) is 10.4 Å². The maximum absolute atomic E-state index is 10.6. The number of aromatic carboxylic acids is 1. The van der Waals surface area contributed by atoms with Gasteiger partial charge in [-0.25, -0.2) is 4.79 Å². The zero-order chi connectivity index (χ0) is 11.3. The van der Waals surface area contributed by atoms with Crippen molar-refractivity contribution < 1.29 is 9.90 Å². The molecule has 0 aliphatic carbocycles. The molecule has 1 N–H and O–H groups in total. The fraction of sp³-hybridized carbons (Fsp3) is 0.182. The molecule has 0 atom stereocenters. The van der Waals surface area contributed by atoms with Gasteiger partial charge in [-0.15, -0.1) is 8.58 Å². The molecule has 0 bridgehead atoms. The first-order valence-electron chi connectivity index (χ1n) is 4.57. The zero-order valence-electron chi connectivity index (χ0n) is 8.77. The van der Waals surface area contributed by atoms with Crippen LogP contribution in [0, 0.1) is 0 Å². The monoisotopic (exact) mass is 223 g/mol. The van der Waals surface area contributed by atoms with Gasteiger partial charge < -0.3 is 9.51 Å². The molecular weight excluding hydrogens is 209 g/mol. The second-order valence-corrected chi connectivity index (χ2v) is 4.07. The van der Waals surface area contributed by atoms with E-state index < -0.39 is 5.97 Å². The van der Waals surface area contributed by atoms with Gasteiger partial charge in [0.2, 0.25) is 0 Å². The van der Waals surface area contributed by atoms with Crippen LogP contribution in [0.3, 0.4) is 0 Å². The van der Waals surface area contributed by atoms with Crippen LogP contribution in [0.5, 0.6) is 0 Å². The van der Waals surface area contributed by atoms with E-state index in [4.69, 9.17) is 5.11 Å². The Morgan fingerprint density at radius 2 is 2.07 bits per heavy atom. The number of hydrogen-bond donors (Lipinski definition) is 1. The summed E-state index contributed by atoms with van der Waals surface area (Å²) < 4.78 is 1.78. The minimum Gasteiger partial charge on any atom is -0.478 e. The quantitative estimate of drug-likeness (QED) is 0.755. The molecule has 0 radical (unpaired) electrons. The molecule has 0 saturated carbocycles. The maximum atomic E-state index is 10.6. The van der Waals surface area contributed by atoms with Crippen LogP contribution in [-0.4, -0.2) is 28.8 Å². The van der Waals surface area contributed by atoms with Gasteiger partial charge >= 0.3 is 5.97 Å². The van der Waals surface area contributed by atoms with E-state index in [9.17, 15) is 4.79 Å². The van der Waals surface area contributed by atoms with Crippen LogP contribution in [0.15, 0.2) is 36.7 Å². The number of fused-ring (bicyclic) bond motifs is 1. The lowest BCUT2D eigenvalue weighted by atomic mass is 10.3. The van der Waals surface area contributed by atoms with Crippen molar-refractivity contribution in [1.82, 2.24) is 4.40 Å². The summed E-state index contributed by atoms with van der Waals surface area (Å²) in [6.07, 6.45) is 3.42. The first-order chi connectivity index (χ1) is 7.19. The molecule has 0 amide bonds. The van der Waals surface area contributed by atoms with E-state index in [-0.39, 0.29) is 0 Å². The third-order valence-corrected chi connectivity index (χ3v) is 1.75. The molecule has 0 aliphatic heterocycles. The van der Waals surface area contributed by atoms with E-state index in [1.54, 1.807) is 16.7 Å². The number of carboxylic acid groups (broad SMARTS) is 1. The average molecular weight is 223 g/mol. The molecule has 15 heavy (non-hydrogen) atoms. The highest BCUT2D eigenvalue weighted by Crippen LogP contribution is 2.08. The van der Waals surface area contributed by atoms with Crippen LogP contribution < -0.4 is 0 Å². The van der Waals surface area contributed by atoms with Gasteiger partial charge in [0.15, 0.2) is 0 Å². The first kappa shape index (κ1) is 11.7. The molecule has 0 unspecified atom stereocenters. The SMILES string of the molecule is CPC.O=C(O)c1cc2ccccn2c1. The van der Waals surface area contributed by atoms with E-state index in [0.717, 1.165) is 14.1 Å². The Balaban J connectivity index is 0.000000337. The fourth-order valence-corrected chi connectivity index (χ4v) is 1.17. The molecule has 0 fully saturated rings. The standard InChI is InChI=1S/C9H7NO2.C2H7P/c11-9(12)7-5-8-3-1-2-4-10(8)6-7;1-3-2/h1-6H,(H,11,12);3H,1-2H3. The summed E-state index contributed by atoms with van der Waals surface area (Å²) in [7, 11) is 1.08. The van der Waals surface area contributed by atoms with Crippen LogP contribution in [0.2, 0.25) is 0 Å². The largest absolute Gasteiger partial charge is 0.478 e. The Labute approximate surface area is 90.5 Å². The third-order valence-electron chi connectivity index (χ3n) is 1.75. The highest BCUT2D eigenvalue weighted by molar-refractivity contribution is 7.35. The van der Waals surface area contributed by atoms with Gasteiger partial charge in [-0.2, -0.15) is 0 Å². The van der Waals surface area contributed by atoms with Gasteiger partial charge in [-0.05, 0) is 31.5 Å². The van der Waals surface area contributed by atoms with Crippen LogP contribution in [0.25, 0.3) is 5.52 Å². The smallest absolute Gasteiger partial charge is 0.337 e. The van der Waals surface area contributed by atoms with Crippen molar-refractivity contribution in [2.45, 2.75) is 0 Å². The summed E-state index contributed by atoms with van der Waals surface area (Å²) in [6, 6.07) is 7.24. The van der Waals surface area contributed by atoms with E-state index in [0.29, 0.717) is 5.56 Å². The lowest BCUT2D eigenvalue weighted by molar-refractivity contribution is 0.0697. The number of carboxylic acids is 1. The molecule has 0 spiro atoms. The predicted molar refractivity (Wildman–Crippen MR) is 64.5 cm³/mol. The summed E-state index contributed by atoms with van der Waals surface area (Å²) in [5.41, 5.74) is 1.22. The molecule has 2 heterocycles. The predicted octanol–water partition coefficient (Wildman–Crippen LogP) is 2.56. The van der Waals surface area contributed by atoms with Crippen molar-refractivity contribution >= 4 is 20.1 Å². The van der Waals surface area contributed by atoms with Gasteiger partial charge in [0.05, 0.1) is 5.56 Å². The van der Waals surface area contributed by atoms with Crippen molar-refractivity contribution in [3.63, 3.8) is 0 Å². The minimum atomic E-state index is -0.890. The highest BCUT2D eigenvalue weighted by Gasteiger charge is 2.04. The second-order valence-electron chi connectivity index (χ2n) is 3.07. The molecule has 0 saturated heterocycles. The Morgan fingerprint density at radius 1 is 1.40 bits per heavy atom. The van der Waals surface area contributed by atoms with Crippen molar-refractivity contribution in [3.8, 4) is 0 Å². The highest BCUT2D eigenvalue weighted by atomic mass is 31.1. The molecule has 2 aromatic rings. The minimum absolute atomic E-state index is 0.321. The third kappa shape index (κ3) is 3.07. The summed E-state index contributed by atoms with van der Waals surface area (Å²) in [6.45, 7) is 4.31. The van der Waals surface area contributed by atoms with Gasteiger partial charge in [0.25, 0.3) is 0 Å². The molecular formula is C11H14NO2P. The Kier molecular flexibility index (Phi) is 4.32. The lowest BCUT2D eigenvalue weighted by Crippen LogP contribution is -1.91. The number of nitrogens with zero attached hydrogens (tertiary/aromatic N) is 1. The summed E-state index contributed by atoms with van der Waals surface area (Å²) in [5.74, 6) is -0.890. The van der Waals surface area contributed by atoms with Crippen LogP contribution in [0.4, 0.5) is 0 Å².